The molecule has 0 unspecified atom stereocenters. The first-order valence-electron chi connectivity index (χ1n) is 10.2. The van der Waals surface area contributed by atoms with Crippen LogP contribution >= 0.6 is 0 Å². The van der Waals surface area contributed by atoms with E-state index in [0.29, 0.717) is 12.6 Å². The SMILES string of the molecule is Cc1cccc(CNc2nc3cc(C(=O)O)ccc3n2C2CCCCCC2)c1. The number of rotatable bonds is 5. The maximum absolute atomic E-state index is 11.4. The van der Waals surface area contributed by atoms with Crippen LogP contribution in [0, 0.1) is 6.92 Å². The second kappa shape index (κ2) is 8.05. The number of hydrogen-bond donors (Lipinski definition) is 2. The minimum absolute atomic E-state index is 0.281. The Hall–Kier alpha value is -2.82. The summed E-state index contributed by atoms with van der Waals surface area (Å²) in [5.41, 5.74) is 4.50. The molecule has 0 aliphatic heterocycles. The number of aryl methyl sites for hydroxylation is 1. The maximum Gasteiger partial charge on any atom is 0.335 e. The van der Waals surface area contributed by atoms with Crippen molar-refractivity contribution in [3.63, 3.8) is 0 Å². The first-order valence-corrected chi connectivity index (χ1v) is 10.2. The third kappa shape index (κ3) is 3.88. The van der Waals surface area contributed by atoms with Crippen LogP contribution in [0.25, 0.3) is 11.0 Å². The molecule has 5 nitrogen and oxygen atoms in total. The molecular weight excluding hydrogens is 350 g/mol. The number of imidazole rings is 1. The van der Waals surface area contributed by atoms with Crippen LogP contribution in [-0.4, -0.2) is 20.6 Å². The van der Waals surface area contributed by atoms with Crippen LogP contribution in [-0.2, 0) is 6.54 Å². The lowest BCUT2D eigenvalue weighted by Crippen LogP contribution is -2.13. The van der Waals surface area contributed by atoms with Crippen LogP contribution in [0.4, 0.5) is 5.95 Å². The lowest BCUT2D eigenvalue weighted by molar-refractivity contribution is 0.0697. The molecule has 0 saturated heterocycles. The number of fused-ring (bicyclic) bond motifs is 1. The van der Waals surface area contributed by atoms with Gasteiger partial charge in [0, 0.05) is 12.6 Å². The number of hydrogen-bond acceptors (Lipinski definition) is 3. The van der Waals surface area contributed by atoms with Gasteiger partial charge in [-0.15, -0.1) is 0 Å². The van der Waals surface area contributed by atoms with E-state index in [1.165, 1.54) is 36.8 Å². The highest BCUT2D eigenvalue weighted by molar-refractivity contribution is 5.93. The first-order chi connectivity index (χ1) is 13.6. The Bertz CT molecular complexity index is 985. The summed E-state index contributed by atoms with van der Waals surface area (Å²) < 4.78 is 2.31. The van der Waals surface area contributed by atoms with Crippen LogP contribution in [0.5, 0.6) is 0 Å². The van der Waals surface area contributed by atoms with E-state index in [9.17, 15) is 9.90 Å². The molecule has 0 atom stereocenters. The van der Waals surface area contributed by atoms with Crippen molar-refractivity contribution in [3.05, 3.63) is 59.2 Å². The predicted molar refractivity (Wildman–Crippen MR) is 112 cm³/mol. The zero-order valence-corrected chi connectivity index (χ0v) is 16.3. The number of aromatic nitrogens is 2. The van der Waals surface area contributed by atoms with E-state index >= 15 is 0 Å². The molecule has 0 amide bonds. The van der Waals surface area contributed by atoms with E-state index in [0.717, 1.165) is 29.8 Å². The molecule has 4 rings (SSSR count). The normalized spacial score (nSPS) is 15.5. The van der Waals surface area contributed by atoms with E-state index in [4.69, 9.17) is 4.98 Å². The van der Waals surface area contributed by atoms with Crippen molar-refractivity contribution in [2.45, 2.75) is 58.0 Å². The van der Waals surface area contributed by atoms with E-state index in [1.54, 1.807) is 12.1 Å². The van der Waals surface area contributed by atoms with Crippen molar-refractivity contribution in [1.82, 2.24) is 9.55 Å². The Morgan fingerprint density at radius 1 is 1.14 bits per heavy atom. The van der Waals surface area contributed by atoms with Gasteiger partial charge in [0.2, 0.25) is 5.95 Å². The van der Waals surface area contributed by atoms with E-state index in [2.05, 4.69) is 41.1 Å². The van der Waals surface area contributed by atoms with E-state index in [-0.39, 0.29) is 5.56 Å². The standard InChI is InChI=1S/C23H27N3O2/c1-16-7-6-8-17(13-16)15-24-23-25-20-14-18(22(27)28)11-12-21(20)26(23)19-9-4-2-3-5-10-19/h6-8,11-14,19H,2-5,9-10,15H2,1H3,(H,24,25)(H,27,28). The molecule has 5 heteroatoms. The Morgan fingerprint density at radius 2 is 1.93 bits per heavy atom. The molecule has 0 radical (unpaired) electrons. The summed E-state index contributed by atoms with van der Waals surface area (Å²) in [5.74, 6) is -0.0777. The molecule has 2 N–H and O–H groups in total. The third-order valence-corrected chi connectivity index (χ3v) is 5.66. The number of benzene rings is 2. The number of aromatic carboxylic acids is 1. The quantitative estimate of drug-likeness (QED) is 0.572. The second-order valence-electron chi connectivity index (χ2n) is 7.80. The summed E-state index contributed by atoms with van der Waals surface area (Å²) in [6, 6.07) is 14.1. The highest BCUT2D eigenvalue weighted by Crippen LogP contribution is 2.34. The molecule has 1 heterocycles. The number of anilines is 1. The van der Waals surface area contributed by atoms with Crippen LogP contribution in [0.1, 0.15) is 66.1 Å². The number of nitrogens with zero attached hydrogens (tertiary/aromatic N) is 2. The van der Waals surface area contributed by atoms with Crippen molar-refractivity contribution in [1.29, 1.82) is 0 Å². The maximum atomic E-state index is 11.4. The predicted octanol–water partition coefficient (Wildman–Crippen LogP) is 5.55. The topological polar surface area (TPSA) is 67.2 Å². The van der Waals surface area contributed by atoms with Gasteiger partial charge in [0.25, 0.3) is 0 Å². The fraction of sp³-hybridized carbons (Fsp3) is 0.391. The first kappa shape index (κ1) is 18.5. The van der Waals surface area contributed by atoms with Gasteiger partial charge in [-0.2, -0.15) is 0 Å². The van der Waals surface area contributed by atoms with Gasteiger partial charge < -0.3 is 15.0 Å². The fourth-order valence-electron chi connectivity index (χ4n) is 4.25. The third-order valence-electron chi connectivity index (χ3n) is 5.66. The van der Waals surface area contributed by atoms with Gasteiger partial charge >= 0.3 is 5.97 Å². The van der Waals surface area contributed by atoms with Gasteiger partial charge in [0.1, 0.15) is 0 Å². The summed E-state index contributed by atoms with van der Waals surface area (Å²) >= 11 is 0. The Labute approximate surface area is 165 Å². The molecule has 1 aliphatic carbocycles. The average Bonchev–Trinajstić information content (AvgIpc) is 2.84. The zero-order valence-electron chi connectivity index (χ0n) is 16.3. The molecule has 0 spiro atoms. The summed E-state index contributed by atoms with van der Waals surface area (Å²) in [5, 5.41) is 12.9. The van der Waals surface area contributed by atoms with E-state index < -0.39 is 5.97 Å². The van der Waals surface area contributed by atoms with Gasteiger partial charge in [0.05, 0.1) is 16.6 Å². The molecule has 28 heavy (non-hydrogen) atoms. The molecule has 2 aromatic carbocycles. The highest BCUT2D eigenvalue weighted by atomic mass is 16.4. The van der Waals surface area contributed by atoms with Crippen molar-refractivity contribution in [2.24, 2.45) is 0 Å². The van der Waals surface area contributed by atoms with Crippen molar-refractivity contribution < 1.29 is 9.90 Å². The second-order valence-corrected chi connectivity index (χ2v) is 7.80. The Kier molecular flexibility index (Phi) is 5.33. The summed E-state index contributed by atoms with van der Waals surface area (Å²) in [6.45, 7) is 2.79. The average molecular weight is 377 g/mol. The Balaban J connectivity index is 1.71. The minimum atomic E-state index is -0.916. The van der Waals surface area contributed by atoms with Gasteiger partial charge in [-0.3, -0.25) is 0 Å². The fourth-order valence-corrected chi connectivity index (χ4v) is 4.25. The van der Waals surface area contributed by atoms with Crippen molar-refractivity contribution in [2.75, 3.05) is 5.32 Å². The van der Waals surface area contributed by atoms with Crippen LogP contribution < -0.4 is 5.32 Å². The molecule has 3 aromatic rings. The molecule has 1 aromatic heterocycles. The van der Waals surface area contributed by atoms with Crippen LogP contribution in [0.3, 0.4) is 0 Å². The lowest BCUT2D eigenvalue weighted by Gasteiger charge is -2.20. The molecule has 1 fully saturated rings. The molecular formula is C23H27N3O2. The number of carbonyl (C=O) groups is 1. The van der Waals surface area contributed by atoms with Gasteiger partial charge in [0.15, 0.2) is 0 Å². The largest absolute Gasteiger partial charge is 0.478 e. The summed E-state index contributed by atoms with van der Waals surface area (Å²) in [4.78, 5) is 16.2. The molecule has 0 bridgehead atoms. The monoisotopic (exact) mass is 377 g/mol. The minimum Gasteiger partial charge on any atom is -0.478 e. The number of carboxylic acids is 1. The van der Waals surface area contributed by atoms with Crippen LogP contribution in [0.2, 0.25) is 0 Å². The van der Waals surface area contributed by atoms with Gasteiger partial charge in [-0.05, 0) is 43.5 Å². The van der Waals surface area contributed by atoms with Crippen molar-refractivity contribution >= 4 is 23.0 Å². The molecule has 1 aliphatic rings. The number of nitrogens with one attached hydrogen (secondary N) is 1. The summed E-state index contributed by atoms with van der Waals surface area (Å²) in [7, 11) is 0. The molecule has 146 valence electrons. The Morgan fingerprint density at radius 3 is 2.64 bits per heavy atom. The van der Waals surface area contributed by atoms with Gasteiger partial charge in [-0.25, -0.2) is 9.78 Å². The van der Waals surface area contributed by atoms with E-state index in [1.807, 2.05) is 6.07 Å². The smallest absolute Gasteiger partial charge is 0.335 e. The van der Waals surface area contributed by atoms with Crippen molar-refractivity contribution in [3.8, 4) is 0 Å². The summed E-state index contributed by atoms with van der Waals surface area (Å²) in [6.07, 6.45) is 7.33. The molecule has 1 saturated carbocycles. The number of carboxylic acid groups (broad SMARTS) is 1. The zero-order chi connectivity index (χ0) is 19.5. The van der Waals surface area contributed by atoms with Gasteiger partial charge in [-0.1, -0.05) is 55.5 Å². The lowest BCUT2D eigenvalue weighted by atomic mass is 10.1. The van der Waals surface area contributed by atoms with Crippen LogP contribution in [0.15, 0.2) is 42.5 Å². The highest BCUT2D eigenvalue weighted by Gasteiger charge is 2.21.